The first-order valence-corrected chi connectivity index (χ1v) is 12.7. The van der Waals surface area contributed by atoms with E-state index >= 15 is 0 Å². The first-order valence-electron chi connectivity index (χ1n) is 12.7. The number of ether oxygens (including phenoxy) is 2. The van der Waals surface area contributed by atoms with Gasteiger partial charge in [0.25, 0.3) is 0 Å². The molecule has 0 aliphatic heterocycles. The lowest BCUT2D eigenvalue weighted by Crippen LogP contribution is -2.27. The van der Waals surface area contributed by atoms with Crippen molar-refractivity contribution in [3.63, 3.8) is 0 Å². The molecule has 0 radical (unpaired) electrons. The Morgan fingerprint density at radius 1 is 0.694 bits per heavy atom. The number of phenols is 2. The lowest BCUT2D eigenvalue weighted by atomic mass is 9.85. The van der Waals surface area contributed by atoms with Crippen molar-refractivity contribution < 1.29 is 19.7 Å². The zero-order valence-electron chi connectivity index (χ0n) is 23.1. The highest BCUT2D eigenvalue weighted by molar-refractivity contribution is 5.86. The third-order valence-corrected chi connectivity index (χ3v) is 6.82. The van der Waals surface area contributed by atoms with Crippen LogP contribution in [0.1, 0.15) is 89.5 Å². The summed E-state index contributed by atoms with van der Waals surface area (Å²) in [5.74, 6) is 1.86. The maximum absolute atomic E-state index is 10.9. The highest BCUT2D eigenvalue weighted by Crippen LogP contribution is 2.37. The maximum atomic E-state index is 10.9. The molecule has 0 unspecified atom stereocenters. The third kappa shape index (κ3) is 6.40. The van der Waals surface area contributed by atoms with Gasteiger partial charge >= 0.3 is 0 Å². The number of aliphatic imine (C=N–C) groups is 2. The van der Waals surface area contributed by atoms with Gasteiger partial charge in [0.05, 0.1) is 26.3 Å². The van der Waals surface area contributed by atoms with Crippen molar-refractivity contribution in [1.29, 1.82) is 0 Å². The summed E-state index contributed by atoms with van der Waals surface area (Å²) in [7, 11) is 3.26. The van der Waals surface area contributed by atoms with E-state index in [9.17, 15) is 10.2 Å². The maximum Gasteiger partial charge on any atom is 0.128 e. The lowest BCUT2D eigenvalue weighted by Gasteiger charge is -2.26. The third-order valence-electron chi connectivity index (χ3n) is 6.82. The van der Waals surface area contributed by atoms with Crippen LogP contribution in [-0.2, 0) is 10.8 Å². The fourth-order valence-corrected chi connectivity index (χ4v) is 4.63. The molecule has 2 atom stereocenters. The van der Waals surface area contributed by atoms with Gasteiger partial charge in [-0.05, 0) is 47.9 Å². The number of rotatable bonds is 6. The van der Waals surface area contributed by atoms with E-state index in [1.807, 2.05) is 24.3 Å². The van der Waals surface area contributed by atoms with Gasteiger partial charge < -0.3 is 19.7 Å². The standard InChI is InChI=1S/C30H42N2O4/c1-29(2,3)23-15-21(35-7)13-19(27(23)33)17-31-25-11-9-10-12-26(25)32-18-20-14-22(36-8)16-24(28(20)34)30(4,5)6/h13-18,25-26,33-34H,9-12H2,1-8H3/t25-,26-/m0/s1. The molecule has 6 heteroatoms. The molecule has 0 aromatic heterocycles. The quantitative estimate of drug-likeness (QED) is 0.446. The van der Waals surface area contributed by atoms with Crippen molar-refractivity contribution in [3.05, 3.63) is 46.5 Å². The Kier molecular flexibility index (Phi) is 8.37. The van der Waals surface area contributed by atoms with Crippen LogP contribution < -0.4 is 9.47 Å². The van der Waals surface area contributed by atoms with E-state index in [0.29, 0.717) is 22.6 Å². The molecule has 1 aliphatic rings. The highest BCUT2D eigenvalue weighted by Gasteiger charge is 2.26. The molecule has 3 rings (SSSR count). The second kappa shape index (κ2) is 10.9. The Labute approximate surface area is 216 Å². The minimum atomic E-state index is -0.233. The van der Waals surface area contributed by atoms with Crippen molar-refractivity contribution in [2.75, 3.05) is 14.2 Å². The van der Waals surface area contributed by atoms with E-state index < -0.39 is 0 Å². The van der Waals surface area contributed by atoms with Crippen molar-refractivity contribution in [2.45, 2.75) is 90.1 Å². The van der Waals surface area contributed by atoms with Crippen molar-refractivity contribution >= 4 is 12.4 Å². The predicted molar refractivity (Wildman–Crippen MR) is 148 cm³/mol. The van der Waals surface area contributed by atoms with E-state index in [2.05, 4.69) is 41.5 Å². The van der Waals surface area contributed by atoms with Gasteiger partial charge in [0, 0.05) is 34.7 Å². The largest absolute Gasteiger partial charge is 0.507 e. The zero-order valence-corrected chi connectivity index (χ0v) is 23.1. The molecule has 2 aromatic carbocycles. The first kappa shape index (κ1) is 27.6. The van der Waals surface area contributed by atoms with Gasteiger partial charge in [-0.1, -0.05) is 54.4 Å². The summed E-state index contributed by atoms with van der Waals surface area (Å²) in [5.41, 5.74) is 2.47. The van der Waals surface area contributed by atoms with Gasteiger partial charge in [0.15, 0.2) is 0 Å². The Hall–Kier alpha value is -3.02. The van der Waals surface area contributed by atoms with Crippen LogP contribution in [0.3, 0.4) is 0 Å². The van der Waals surface area contributed by atoms with Gasteiger partial charge in [0.2, 0.25) is 0 Å². The minimum absolute atomic E-state index is 0.00600. The Bertz CT molecular complexity index is 1030. The summed E-state index contributed by atoms with van der Waals surface area (Å²) in [6, 6.07) is 7.39. The second-order valence-corrected chi connectivity index (χ2v) is 11.7. The van der Waals surface area contributed by atoms with E-state index in [-0.39, 0.29) is 34.4 Å². The molecule has 36 heavy (non-hydrogen) atoms. The van der Waals surface area contributed by atoms with Crippen LogP contribution in [0.4, 0.5) is 0 Å². The summed E-state index contributed by atoms with van der Waals surface area (Å²) in [6.45, 7) is 12.4. The molecule has 6 nitrogen and oxygen atoms in total. The number of aromatic hydroxyl groups is 2. The van der Waals surface area contributed by atoms with Crippen molar-refractivity contribution in [1.82, 2.24) is 0 Å². The zero-order chi connectivity index (χ0) is 26.7. The molecule has 1 aliphatic carbocycles. The van der Waals surface area contributed by atoms with E-state index in [1.54, 1.807) is 26.6 Å². The smallest absolute Gasteiger partial charge is 0.128 e. The summed E-state index contributed by atoms with van der Waals surface area (Å²) in [6.07, 6.45) is 7.53. The Morgan fingerprint density at radius 3 is 1.36 bits per heavy atom. The van der Waals surface area contributed by atoms with E-state index in [0.717, 1.165) is 36.8 Å². The number of nitrogens with zero attached hydrogens (tertiary/aromatic N) is 2. The molecular formula is C30H42N2O4. The molecule has 1 saturated carbocycles. The van der Waals surface area contributed by atoms with Crippen LogP contribution in [0.5, 0.6) is 23.0 Å². The Morgan fingerprint density at radius 2 is 1.06 bits per heavy atom. The normalized spacial score (nSPS) is 19.2. The van der Waals surface area contributed by atoms with Gasteiger partial charge in [-0.25, -0.2) is 0 Å². The van der Waals surface area contributed by atoms with Gasteiger partial charge in [-0.2, -0.15) is 0 Å². The van der Waals surface area contributed by atoms with Crippen molar-refractivity contribution in [2.24, 2.45) is 9.98 Å². The van der Waals surface area contributed by atoms with Crippen LogP contribution in [0, 0.1) is 0 Å². The average molecular weight is 495 g/mol. The fraction of sp³-hybridized carbons (Fsp3) is 0.533. The molecule has 0 amide bonds. The first-order chi connectivity index (χ1) is 16.8. The summed E-state index contributed by atoms with van der Waals surface area (Å²) >= 11 is 0. The SMILES string of the molecule is COc1cc(C=N[C@H]2CCCC[C@@H]2N=Cc2cc(OC)cc(C(C)(C)C)c2O)c(O)c(C(C)(C)C)c1. The number of phenolic OH excluding ortho intramolecular Hbond substituents is 2. The van der Waals surface area contributed by atoms with Crippen LogP contribution >= 0.6 is 0 Å². The lowest BCUT2D eigenvalue weighted by molar-refractivity contribution is 0.389. The van der Waals surface area contributed by atoms with Crippen molar-refractivity contribution in [3.8, 4) is 23.0 Å². The van der Waals surface area contributed by atoms with Gasteiger partial charge in [-0.3, -0.25) is 9.98 Å². The molecule has 0 saturated heterocycles. The highest BCUT2D eigenvalue weighted by atomic mass is 16.5. The topological polar surface area (TPSA) is 83.6 Å². The number of methoxy groups -OCH3 is 2. The number of benzene rings is 2. The summed E-state index contributed by atoms with van der Waals surface area (Å²) < 4.78 is 11.0. The molecule has 196 valence electrons. The Balaban J connectivity index is 1.92. The van der Waals surface area contributed by atoms with Crippen LogP contribution in [0.25, 0.3) is 0 Å². The molecule has 2 N–H and O–H groups in total. The average Bonchev–Trinajstić information content (AvgIpc) is 2.81. The minimum Gasteiger partial charge on any atom is -0.507 e. The summed E-state index contributed by atoms with van der Waals surface area (Å²) in [5, 5.41) is 21.9. The molecule has 0 bridgehead atoms. The van der Waals surface area contributed by atoms with Crippen LogP contribution in [0.15, 0.2) is 34.3 Å². The molecule has 0 spiro atoms. The van der Waals surface area contributed by atoms with Crippen LogP contribution in [0.2, 0.25) is 0 Å². The number of hydrogen-bond acceptors (Lipinski definition) is 6. The fourth-order valence-electron chi connectivity index (χ4n) is 4.63. The summed E-state index contributed by atoms with van der Waals surface area (Å²) in [4.78, 5) is 9.76. The molecular weight excluding hydrogens is 452 g/mol. The predicted octanol–water partition coefficient (Wildman–Crippen LogP) is 6.56. The van der Waals surface area contributed by atoms with E-state index in [4.69, 9.17) is 19.5 Å². The molecule has 2 aromatic rings. The molecule has 1 fully saturated rings. The number of hydrogen-bond donors (Lipinski definition) is 2. The van der Waals surface area contributed by atoms with Gasteiger partial charge in [0.1, 0.15) is 23.0 Å². The van der Waals surface area contributed by atoms with Crippen LogP contribution in [-0.4, -0.2) is 48.9 Å². The monoisotopic (exact) mass is 494 g/mol. The van der Waals surface area contributed by atoms with E-state index in [1.165, 1.54) is 0 Å². The molecule has 0 heterocycles. The second-order valence-electron chi connectivity index (χ2n) is 11.7. The van der Waals surface area contributed by atoms with Gasteiger partial charge in [-0.15, -0.1) is 0 Å².